The Morgan fingerprint density at radius 2 is 2.15 bits per heavy atom. The lowest BCUT2D eigenvalue weighted by Crippen LogP contribution is -2.09. The number of ether oxygens (including phenoxy) is 1. The van der Waals surface area contributed by atoms with Crippen molar-refractivity contribution in [1.82, 2.24) is 9.97 Å². The summed E-state index contributed by atoms with van der Waals surface area (Å²) in [6.45, 7) is 4.55. The first-order valence-electron chi connectivity index (χ1n) is 4.28. The average molecular weight is 181 g/mol. The summed E-state index contributed by atoms with van der Waals surface area (Å²) in [5, 5.41) is 0. The molecule has 1 rings (SSSR count). The molecule has 0 amide bonds. The Balaban J connectivity index is 3.19. The minimum atomic E-state index is 0.343. The number of hydrogen-bond acceptors (Lipinski definition) is 4. The third kappa shape index (κ3) is 1.95. The minimum absolute atomic E-state index is 0.343. The van der Waals surface area contributed by atoms with Gasteiger partial charge in [-0.05, 0) is 5.92 Å². The zero-order valence-electron chi connectivity index (χ0n) is 8.24. The molecule has 0 unspecified atom stereocenters. The van der Waals surface area contributed by atoms with E-state index in [2.05, 4.69) is 23.8 Å². The van der Waals surface area contributed by atoms with Gasteiger partial charge in [-0.25, -0.2) is 9.97 Å². The van der Waals surface area contributed by atoms with E-state index in [1.54, 1.807) is 7.11 Å². The Morgan fingerprint density at radius 3 is 2.62 bits per heavy atom. The molecule has 0 spiro atoms. The van der Waals surface area contributed by atoms with Gasteiger partial charge in [0.1, 0.15) is 6.33 Å². The van der Waals surface area contributed by atoms with Crippen LogP contribution >= 0.6 is 0 Å². The summed E-state index contributed by atoms with van der Waals surface area (Å²) in [5.41, 5.74) is 7.47. The molecule has 1 aromatic heterocycles. The van der Waals surface area contributed by atoms with Gasteiger partial charge < -0.3 is 10.5 Å². The molecule has 0 saturated carbocycles. The predicted octanol–water partition coefficient (Wildman–Crippen LogP) is 1.07. The van der Waals surface area contributed by atoms with E-state index in [1.165, 1.54) is 6.33 Å². The largest absolute Gasteiger partial charge is 0.481 e. The van der Waals surface area contributed by atoms with Gasteiger partial charge >= 0.3 is 0 Å². The van der Waals surface area contributed by atoms with Crippen molar-refractivity contribution in [1.29, 1.82) is 0 Å². The molecule has 0 bridgehead atoms. The quantitative estimate of drug-likeness (QED) is 0.757. The molecule has 0 saturated heterocycles. The van der Waals surface area contributed by atoms with Crippen LogP contribution in [0.3, 0.4) is 0 Å². The van der Waals surface area contributed by atoms with Crippen LogP contribution in [0.2, 0.25) is 0 Å². The molecule has 1 heterocycles. The Bertz CT molecular complexity index is 286. The fraction of sp³-hybridized carbons (Fsp3) is 0.556. The monoisotopic (exact) mass is 181 g/mol. The molecule has 0 aliphatic carbocycles. The molecule has 2 N–H and O–H groups in total. The fourth-order valence-corrected chi connectivity index (χ4v) is 1.27. The van der Waals surface area contributed by atoms with E-state index in [0.29, 0.717) is 18.3 Å². The molecule has 0 radical (unpaired) electrons. The van der Waals surface area contributed by atoms with E-state index in [9.17, 15) is 0 Å². The zero-order valence-corrected chi connectivity index (χ0v) is 8.24. The molecular formula is C9H15N3O. The van der Waals surface area contributed by atoms with Gasteiger partial charge in [-0.3, -0.25) is 0 Å². The van der Waals surface area contributed by atoms with Crippen LogP contribution in [0.15, 0.2) is 6.33 Å². The Morgan fingerprint density at radius 1 is 1.46 bits per heavy atom. The second kappa shape index (κ2) is 4.18. The van der Waals surface area contributed by atoms with Crippen LogP contribution in [0.4, 0.5) is 0 Å². The van der Waals surface area contributed by atoms with Gasteiger partial charge in [-0.2, -0.15) is 0 Å². The lowest BCUT2D eigenvalue weighted by molar-refractivity contribution is 0.389. The standard InChI is InChI=1S/C9H15N3O/c1-6(2)8-7(4-10)9(13-3)12-5-11-8/h5-6H,4,10H2,1-3H3. The molecule has 0 atom stereocenters. The van der Waals surface area contributed by atoms with Crippen molar-refractivity contribution in [3.8, 4) is 5.88 Å². The highest BCUT2D eigenvalue weighted by molar-refractivity contribution is 5.31. The molecule has 13 heavy (non-hydrogen) atoms. The Labute approximate surface area is 78.1 Å². The zero-order chi connectivity index (χ0) is 9.84. The van der Waals surface area contributed by atoms with Crippen molar-refractivity contribution in [3.05, 3.63) is 17.6 Å². The average Bonchev–Trinajstić information content (AvgIpc) is 2.16. The number of aromatic nitrogens is 2. The lowest BCUT2D eigenvalue weighted by Gasteiger charge is -2.12. The number of nitrogens with zero attached hydrogens (tertiary/aromatic N) is 2. The van der Waals surface area contributed by atoms with Gasteiger partial charge in [0.15, 0.2) is 0 Å². The first-order chi connectivity index (χ1) is 6.20. The van der Waals surface area contributed by atoms with Gasteiger partial charge in [-0.1, -0.05) is 13.8 Å². The molecule has 4 nitrogen and oxygen atoms in total. The Kier molecular flexibility index (Phi) is 3.19. The summed E-state index contributed by atoms with van der Waals surface area (Å²) in [6.07, 6.45) is 1.51. The van der Waals surface area contributed by atoms with Gasteiger partial charge in [0.05, 0.1) is 12.8 Å². The van der Waals surface area contributed by atoms with Gasteiger partial charge in [0.25, 0.3) is 0 Å². The molecule has 0 fully saturated rings. The maximum Gasteiger partial charge on any atom is 0.220 e. The van der Waals surface area contributed by atoms with E-state index >= 15 is 0 Å². The maximum atomic E-state index is 5.60. The number of methoxy groups -OCH3 is 1. The van der Waals surface area contributed by atoms with Gasteiger partial charge in [0, 0.05) is 12.1 Å². The van der Waals surface area contributed by atoms with Crippen LogP contribution in [0.5, 0.6) is 5.88 Å². The number of nitrogens with two attached hydrogens (primary N) is 1. The van der Waals surface area contributed by atoms with Crippen LogP contribution in [0, 0.1) is 0 Å². The minimum Gasteiger partial charge on any atom is -0.481 e. The summed E-state index contributed by atoms with van der Waals surface area (Å²) in [7, 11) is 1.59. The van der Waals surface area contributed by atoms with Crippen molar-refractivity contribution < 1.29 is 4.74 Å². The molecule has 72 valence electrons. The molecule has 4 heteroatoms. The van der Waals surface area contributed by atoms with Crippen molar-refractivity contribution in [3.63, 3.8) is 0 Å². The van der Waals surface area contributed by atoms with E-state index in [0.717, 1.165) is 11.3 Å². The molecule has 0 aliphatic rings. The van der Waals surface area contributed by atoms with Crippen molar-refractivity contribution in [2.45, 2.75) is 26.3 Å². The van der Waals surface area contributed by atoms with Crippen molar-refractivity contribution >= 4 is 0 Å². The summed E-state index contributed by atoms with van der Waals surface area (Å²) in [5.74, 6) is 0.927. The summed E-state index contributed by atoms with van der Waals surface area (Å²) >= 11 is 0. The maximum absolute atomic E-state index is 5.60. The summed E-state index contributed by atoms with van der Waals surface area (Å²) < 4.78 is 5.10. The third-order valence-corrected chi connectivity index (χ3v) is 1.88. The lowest BCUT2D eigenvalue weighted by atomic mass is 10.1. The first kappa shape index (κ1) is 9.92. The number of hydrogen-bond donors (Lipinski definition) is 1. The van der Waals surface area contributed by atoms with Crippen LogP contribution in [0.1, 0.15) is 31.0 Å². The highest BCUT2D eigenvalue weighted by atomic mass is 16.5. The van der Waals surface area contributed by atoms with Gasteiger partial charge in [-0.15, -0.1) is 0 Å². The van der Waals surface area contributed by atoms with E-state index in [4.69, 9.17) is 10.5 Å². The third-order valence-electron chi connectivity index (χ3n) is 1.88. The molecule has 0 aliphatic heterocycles. The van der Waals surface area contributed by atoms with Crippen LogP contribution < -0.4 is 10.5 Å². The SMILES string of the molecule is COc1ncnc(C(C)C)c1CN. The van der Waals surface area contributed by atoms with E-state index < -0.39 is 0 Å². The van der Waals surface area contributed by atoms with Crippen molar-refractivity contribution in [2.24, 2.45) is 5.73 Å². The second-order valence-electron chi connectivity index (χ2n) is 3.11. The molecule has 0 aromatic carbocycles. The van der Waals surface area contributed by atoms with E-state index in [1.807, 2.05) is 0 Å². The topological polar surface area (TPSA) is 61.0 Å². The summed E-state index contributed by atoms with van der Waals surface area (Å²) in [4.78, 5) is 8.18. The highest BCUT2D eigenvalue weighted by Crippen LogP contribution is 2.22. The number of rotatable bonds is 3. The van der Waals surface area contributed by atoms with E-state index in [-0.39, 0.29) is 0 Å². The predicted molar refractivity (Wildman–Crippen MR) is 50.6 cm³/mol. The fourth-order valence-electron chi connectivity index (χ4n) is 1.27. The normalized spacial score (nSPS) is 10.5. The Hall–Kier alpha value is -1.16. The molecule has 1 aromatic rings. The van der Waals surface area contributed by atoms with Crippen molar-refractivity contribution in [2.75, 3.05) is 7.11 Å². The smallest absolute Gasteiger partial charge is 0.220 e. The van der Waals surface area contributed by atoms with Gasteiger partial charge in [0.2, 0.25) is 5.88 Å². The van der Waals surface area contributed by atoms with Crippen LogP contribution in [0.25, 0.3) is 0 Å². The highest BCUT2D eigenvalue weighted by Gasteiger charge is 2.12. The second-order valence-corrected chi connectivity index (χ2v) is 3.11. The first-order valence-corrected chi connectivity index (χ1v) is 4.28. The van der Waals surface area contributed by atoms with Crippen LogP contribution in [-0.2, 0) is 6.54 Å². The molecular weight excluding hydrogens is 166 g/mol. The summed E-state index contributed by atoms with van der Waals surface area (Å²) in [6, 6.07) is 0. The van der Waals surface area contributed by atoms with Crippen LogP contribution in [-0.4, -0.2) is 17.1 Å².